The maximum Gasteiger partial charge on any atom is 0.419 e. The minimum absolute atomic E-state index is 0.000603. The van der Waals surface area contributed by atoms with Crippen molar-refractivity contribution in [1.82, 2.24) is 4.98 Å². The molecule has 84 valence electrons. The summed E-state index contributed by atoms with van der Waals surface area (Å²) in [4.78, 5) is 24.4. The first-order valence-corrected chi connectivity index (χ1v) is 6.14. The molecule has 2 aromatic rings. The fourth-order valence-corrected chi connectivity index (χ4v) is 1.95. The number of sulfone groups is 1. The number of rotatable bonds is 1. The Balaban J connectivity index is 2.93. The van der Waals surface area contributed by atoms with Crippen LogP contribution in [0.5, 0.6) is 0 Å². The molecule has 1 aromatic heterocycles. The zero-order chi connectivity index (χ0) is 11.9. The molecule has 0 aliphatic heterocycles. The second kappa shape index (κ2) is 3.31. The number of aromatic nitrogens is 1. The maximum absolute atomic E-state index is 11.3. The zero-order valence-corrected chi connectivity index (χ0v) is 9.00. The highest BCUT2D eigenvalue weighted by Gasteiger charge is 2.10. The van der Waals surface area contributed by atoms with Gasteiger partial charge in [0.2, 0.25) is 0 Å². The second-order valence-electron chi connectivity index (χ2n) is 3.28. The molecule has 0 bridgehead atoms. The zero-order valence-electron chi connectivity index (χ0n) is 8.18. The van der Waals surface area contributed by atoms with E-state index >= 15 is 0 Å². The van der Waals surface area contributed by atoms with Crippen molar-refractivity contribution in [3.63, 3.8) is 0 Å². The normalized spacial score (nSPS) is 11.8. The lowest BCUT2D eigenvalue weighted by Crippen LogP contribution is -2.14. The number of fused-ring (bicyclic) bond motifs is 1. The molecular formula is C9H7NO5S. The third kappa shape index (κ3) is 1.76. The minimum atomic E-state index is -3.39. The van der Waals surface area contributed by atoms with E-state index in [2.05, 4.69) is 9.40 Å². The molecule has 0 radical (unpaired) electrons. The molecule has 1 N–H and O–H groups in total. The van der Waals surface area contributed by atoms with Crippen molar-refractivity contribution in [2.24, 2.45) is 0 Å². The van der Waals surface area contributed by atoms with Gasteiger partial charge < -0.3 is 4.42 Å². The fraction of sp³-hybridized carbons (Fsp3) is 0.111. The predicted octanol–water partition coefficient (Wildman–Crippen LogP) is -0.115. The van der Waals surface area contributed by atoms with Gasteiger partial charge in [0.05, 0.1) is 15.8 Å². The Labute approximate surface area is 89.5 Å². The van der Waals surface area contributed by atoms with E-state index < -0.39 is 21.2 Å². The monoisotopic (exact) mass is 241 g/mol. The van der Waals surface area contributed by atoms with E-state index in [1.165, 1.54) is 18.2 Å². The summed E-state index contributed by atoms with van der Waals surface area (Å²) in [7, 11) is -3.39. The molecule has 16 heavy (non-hydrogen) atoms. The van der Waals surface area contributed by atoms with Gasteiger partial charge in [-0.15, -0.1) is 0 Å². The summed E-state index contributed by atoms with van der Waals surface area (Å²) in [5, 5.41) is 0.0301. The Morgan fingerprint density at radius 1 is 1.25 bits per heavy atom. The maximum atomic E-state index is 11.3. The van der Waals surface area contributed by atoms with Gasteiger partial charge in [-0.2, -0.15) is 0 Å². The Hall–Kier alpha value is -1.89. The molecule has 0 aliphatic rings. The standard InChI is InChI=1S/C9H7NO5S/c1-16(13,14)5-2-3-7-6(4-5)8(11)15-9(12)10-7/h2-4H,1H3,(H,10,12). The average molecular weight is 241 g/mol. The lowest BCUT2D eigenvalue weighted by atomic mass is 10.2. The molecule has 0 saturated carbocycles. The van der Waals surface area contributed by atoms with Crippen LogP contribution in [0.1, 0.15) is 0 Å². The van der Waals surface area contributed by atoms with Crippen LogP contribution in [0, 0.1) is 0 Å². The number of aromatic amines is 1. The van der Waals surface area contributed by atoms with Crippen LogP contribution < -0.4 is 11.4 Å². The number of hydrogen-bond donors (Lipinski definition) is 1. The average Bonchev–Trinajstić information content (AvgIpc) is 2.15. The van der Waals surface area contributed by atoms with Crippen molar-refractivity contribution in [2.45, 2.75) is 4.90 Å². The summed E-state index contributed by atoms with van der Waals surface area (Å²) in [5.41, 5.74) is -0.613. The highest BCUT2D eigenvalue weighted by Crippen LogP contribution is 2.13. The van der Waals surface area contributed by atoms with Crippen LogP contribution in [-0.4, -0.2) is 19.7 Å². The van der Waals surface area contributed by atoms with Crippen molar-refractivity contribution in [3.8, 4) is 0 Å². The molecular weight excluding hydrogens is 234 g/mol. The lowest BCUT2D eigenvalue weighted by molar-refractivity contribution is 0.460. The van der Waals surface area contributed by atoms with E-state index in [1.54, 1.807) is 0 Å². The molecule has 0 spiro atoms. The van der Waals surface area contributed by atoms with Crippen LogP contribution in [0.25, 0.3) is 10.9 Å². The fourth-order valence-electron chi connectivity index (χ4n) is 1.31. The molecule has 6 nitrogen and oxygen atoms in total. The SMILES string of the molecule is CS(=O)(=O)c1ccc2[nH]c(=O)oc(=O)c2c1. The first kappa shape index (κ1) is 10.6. The van der Waals surface area contributed by atoms with Gasteiger partial charge in [-0.25, -0.2) is 18.0 Å². The number of hydrogen-bond acceptors (Lipinski definition) is 5. The molecule has 7 heteroatoms. The van der Waals surface area contributed by atoms with E-state index in [4.69, 9.17) is 0 Å². The summed E-state index contributed by atoms with van der Waals surface area (Å²) >= 11 is 0. The molecule has 1 heterocycles. The van der Waals surface area contributed by atoms with Crippen LogP contribution in [0.15, 0.2) is 37.1 Å². The third-order valence-electron chi connectivity index (χ3n) is 2.06. The van der Waals surface area contributed by atoms with E-state index in [0.29, 0.717) is 0 Å². The van der Waals surface area contributed by atoms with Gasteiger partial charge in [0.1, 0.15) is 0 Å². The van der Waals surface area contributed by atoms with E-state index in [9.17, 15) is 18.0 Å². The van der Waals surface area contributed by atoms with Crippen molar-refractivity contribution in [3.05, 3.63) is 39.2 Å². The number of benzene rings is 1. The van der Waals surface area contributed by atoms with Gasteiger partial charge in [0, 0.05) is 6.26 Å². The Morgan fingerprint density at radius 2 is 1.94 bits per heavy atom. The largest absolute Gasteiger partial charge is 0.419 e. The summed E-state index contributed by atoms with van der Waals surface area (Å²) in [5.74, 6) is -0.871. The number of nitrogens with one attached hydrogen (secondary N) is 1. The van der Waals surface area contributed by atoms with Crippen molar-refractivity contribution in [1.29, 1.82) is 0 Å². The van der Waals surface area contributed by atoms with Crippen LogP contribution in [0.4, 0.5) is 0 Å². The van der Waals surface area contributed by atoms with Gasteiger partial charge in [-0.05, 0) is 18.2 Å². The van der Waals surface area contributed by atoms with Gasteiger partial charge >= 0.3 is 11.4 Å². The molecule has 1 aromatic carbocycles. The first-order valence-electron chi connectivity index (χ1n) is 4.25. The van der Waals surface area contributed by atoms with Gasteiger partial charge in [0.25, 0.3) is 0 Å². The minimum Gasteiger partial charge on any atom is -0.372 e. The quantitative estimate of drug-likeness (QED) is 0.751. The van der Waals surface area contributed by atoms with Crippen molar-refractivity contribution in [2.75, 3.05) is 6.26 Å². The van der Waals surface area contributed by atoms with E-state index in [1.807, 2.05) is 0 Å². The Bertz CT molecular complexity index is 768. The molecule has 0 unspecified atom stereocenters. The molecule has 0 fully saturated rings. The molecule has 0 atom stereocenters. The smallest absolute Gasteiger partial charge is 0.372 e. The second-order valence-corrected chi connectivity index (χ2v) is 5.30. The molecule has 0 saturated heterocycles. The lowest BCUT2D eigenvalue weighted by Gasteiger charge is -1.99. The summed E-state index contributed by atoms with van der Waals surface area (Å²) in [6.07, 6.45) is 1.03. The van der Waals surface area contributed by atoms with Crippen molar-refractivity contribution >= 4 is 20.7 Å². The topological polar surface area (TPSA) is 97.2 Å². The van der Waals surface area contributed by atoms with Gasteiger partial charge in [-0.3, -0.25) is 4.98 Å². The predicted molar refractivity (Wildman–Crippen MR) is 56.2 cm³/mol. The van der Waals surface area contributed by atoms with Crippen LogP contribution in [-0.2, 0) is 9.84 Å². The van der Waals surface area contributed by atoms with Crippen molar-refractivity contribution < 1.29 is 12.8 Å². The first-order chi connectivity index (χ1) is 7.38. The molecule has 2 rings (SSSR count). The molecule has 0 amide bonds. The van der Waals surface area contributed by atoms with Gasteiger partial charge in [0.15, 0.2) is 9.84 Å². The van der Waals surface area contributed by atoms with Gasteiger partial charge in [-0.1, -0.05) is 0 Å². The highest BCUT2D eigenvalue weighted by molar-refractivity contribution is 7.90. The van der Waals surface area contributed by atoms with Crippen LogP contribution in [0.3, 0.4) is 0 Å². The summed E-state index contributed by atoms with van der Waals surface area (Å²) < 4.78 is 26.8. The Morgan fingerprint density at radius 3 is 2.56 bits per heavy atom. The summed E-state index contributed by atoms with van der Waals surface area (Å²) in [6, 6.07) is 3.84. The Kier molecular flexibility index (Phi) is 2.20. The number of H-pyrrole nitrogens is 1. The molecule has 0 aliphatic carbocycles. The highest BCUT2D eigenvalue weighted by atomic mass is 32.2. The van der Waals surface area contributed by atoms with E-state index in [0.717, 1.165) is 6.26 Å². The van der Waals surface area contributed by atoms with Crippen LogP contribution in [0.2, 0.25) is 0 Å². The van der Waals surface area contributed by atoms with Crippen LogP contribution >= 0.6 is 0 Å². The van der Waals surface area contributed by atoms with E-state index in [-0.39, 0.29) is 15.8 Å². The third-order valence-corrected chi connectivity index (χ3v) is 3.17. The summed E-state index contributed by atoms with van der Waals surface area (Å²) in [6.45, 7) is 0.